The first-order valence-corrected chi connectivity index (χ1v) is 2.33. The topological polar surface area (TPSA) is 17.1 Å². The SMILES string of the molecule is O=CC1=CC=C(F)C1. The van der Waals surface area contributed by atoms with E-state index < -0.39 is 0 Å². The van der Waals surface area contributed by atoms with Crippen LogP contribution >= 0.6 is 0 Å². The van der Waals surface area contributed by atoms with Gasteiger partial charge in [0.15, 0.2) is 0 Å². The molecule has 0 spiro atoms. The molecule has 1 aliphatic rings. The Labute approximate surface area is 46.5 Å². The standard InChI is InChI=1S/C6H5FO/c7-6-2-1-5(3-6)4-8/h1-2,4H,3H2. The summed E-state index contributed by atoms with van der Waals surface area (Å²) in [4.78, 5) is 9.88. The molecular weight excluding hydrogens is 107 g/mol. The zero-order chi connectivity index (χ0) is 5.98. The van der Waals surface area contributed by atoms with Gasteiger partial charge in [-0.1, -0.05) is 6.08 Å². The predicted molar refractivity (Wildman–Crippen MR) is 28.0 cm³/mol. The van der Waals surface area contributed by atoms with Crippen molar-refractivity contribution < 1.29 is 9.18 Å². The molecule has 1 nitrogen and oxygen atoms in total. The van der Waals surface area contributed by atoms with E-state index in [9.17, 15) is 9.18 Å². The third-order valence-electron chi connectivity index (χ3n) is 1.00. The third-order valence-corrected chi connectivity index (χ3v) is 1.00. The molecule has 0 aromatic heterocycles. The molecule has 0 aromatic rings. The molecule has 0 unspecified atom stereocenters. The van der Waals surface area contributed by atoms with Gasteiger partial charge in [-0.05, 0) is 11.6 Å². The van der Waals surface area contributed by atoms with Gasteiger partial charge in [0.05, 0.1) is 0 Å². The Kier molecular flexibility index (Phi) is 1.24. The van der Waals surface area contributed by atoms with E-state index in [1.165, 1.54) is 12.2 Å². The fourth-order valence-electron chi connectivity index (χ4n) is 0.591. The highest BCUT2D eigenvalue weighted by Crippen LogP contribution is 2.16. The first kappa shape index (κ1) is 5.22. The fraction of sp³-hybridized carbons (Fsp3) is 0.167. The second-order valence-electron chi connectivity index (χ2n) is 1.65. The lowest BCUT2D eigenvalue weighted by Gasteiger charge is -1.82. The molecule has 1 aliphatic carbocycles. The van der Waals surface area contributed by atoms with Crippen molar-refractivity contribution in [1.29, 1.82) is 0 Å². The van der Waals surface area contributed by atoms with E-state index in [1.807, 2.05) is 0 Å². The Morgan fingerprint density at radius 1 is 1.62 bits per heavy atom. The van der Waals surface area contributed by atoms with Crippen LogP contribution in [0.5, 0.6) is 0 Å². The van der Waals surface area contributed by atoms with E-state index in [4.69, 9.17) is 0 Å². The van der Waals surface area contributed by atoms with Gasteiger partial charge in [0.2, 0.25) is 0 Å². The molecule has 1 rings (SSSR count). The second-order valence-corrected chi connectivity index (χ2v) is 1.65. The molecule has 0 radical (unpaired) electrons. The lowest BCUT2D eigenvalue weighted by Crippen LogP contribution is -1.77. The van der Waals surface area contributed by atoms with Crippen molar-refractivity contribution in [3.05, 3.63) is 23.6 Å². The van der Waals surface area contributed by atoms with Crippen LogP contribution in [0.2, 0.25) is 0 Å². The Hall–Kier alpha value is -0.920. The number of aldehydes is 1. The maximum atomic E-state index is 12.0. The molecule has 0 aliphatic heterocycles. The van der Waals surface area contributed by atoms with Crippen LogP contribution in [0.25, 0.3) is 0 Å². The molecule has 0 heterocycles. The van der Waals surface area contributed by atoms with Gasteiger partial charge in [-0.15, -0.1) is 0 Å². The first-order valence-electron chi connectivity index (χ1n) is 2.33. The summed E-state index contributed by atoms with van der Waals surface area (Å²) in [7, 11) is 0. The molecular formula is C6H5FO. The Balaban J connectivity index is 2.61. The summed E-state index contributed by atoms with van der Waals surface area (Å²) in [5.41, 5.74) is 0.516. The first-order chi connectivity index (χ1) is 3.83. The maximum Gasteiger partial charge on any atom is 0.146 e. The molecule has 8 heavy (non-hydrogen) atoms. The number of rotatable bonds is 1. The van der Waals surface area contributed by atoms with Crippen molar-refractivity contribution in [3.8, 4) is 0 Å². The molecule has 0 fully saturated rings. The number of carbonyl (C=O) groups excluding carboxylic acids is 1. The van der Waals surface area contributed by atoms with Crippen molar-refractivity contribution >= 4 is 6.29 Å². The van der Waals surface area contributed by atoms with Crippen LogP contribution in [0.3, 0.4) is 0 Å². The lowest BCUT2D eigenvalue weighted by atomic mass is 10.3. The van der Waals surface area contributed by atoms with Gasteiger partial charge in [-0.3, -0.25) is 4.79 Å². The van der Waals surface area contributed by atoms with Gasteiger partial charge in [-0.2, -0.15) is 0 Å². The highest BCUT2D eigenvalue weighted by Gasteiger charge is 2.04. The number of hydrogen-bond acceptors (Lipinski definition) is 1. The van der Waals surface area contributed by atoms with Crippen molar-refractivity contribution in [1.82, 2.24) is 0 Å². The summed E-state index contributed by atoms with van der Waals surface area (Å²) in [6.45, 7) is 0. The van der Waals surface area contributed by atoms with Crippen molar-refractivity contribution in [2.75, 3.05) is 0 Å². The third kappa shape index (κ3) is 0.832. The summed E-state index contributed by atoms with van der Waals surface area (Å²) >= 11 is 0. The smallest absolute Gasteiger partial charge is 0.146 e. The monoisotopic (exact) mass is 112 g/mol. The lowest BCUT2D eigenvalue weighted by molar-refractivity contribution is -0.105. The number of allylic oxidation sites excluding steroid dienone is 4. The second kappa shape index (κ2) is 1.90. The van der Waals surface area contributed by atoms with Crippen LogP contribution in [0.15, 0.2) is 23.6 Å². The molecule has 0 atom stereocenters. The van der Waals surface area contributed by atoms with Crippen molar-refractivity contribution in [3.63, 3.8) is 0 Å². The normalized spacial score (nSPS) is 17.6. The molecule has 0 N–H and O–H groups in total. The minimum absolute atomic E-state index is 0.184. The molecule has 0 saturated heterocycles. The van der Waals surface area contributed by atoms with Crippen LogP contribution in [-0.2, 0) is 4.79 Å². The zero-order valence-corrected chi connectivity index (χ0v) is 4.23. The van der Waals surface area contributed by atoms with E-state index in [0.29, 0.717) is 11.9 Å². The highest BCUT2D eigenvalue weighted by atomic mass is 19.1. The van der Waals surface area contributed by atoms with Gasteiger partial charge >= 0.3 is 0 Å². The molecule has 0 bridgehead atoms. The van der Waals surface area contributed by atoms with Crippen molar-refractivity contribution in [2.45, 2.75) is 6.42 Å². The molecule has 0 aromatic carbocycles. The minimum atomic E-state index is -0.230. The zero-order valence-electron chi connectivity index (χ0n) is 4.23. The van der Waals surface area contributed by atoms with Crippen LogP contribution in [0.4, 0.5) is 4.39 Å². The fourth-order valence-corrected chi connectivity index (χ4v) is 0.591. The van der Waals surface area contributed by atoms with Gasteiger partial charge in [0.25, 0.3) is 0 Å². The summed E-state index contributed by atoms with van der Waals surface area (Å²) in [5, 5.41) is 0. The van der Waals surface area contributed by atoms with Crippen LogP contribution in [-0.4, -0.2) is 6.29 Å². The Morgan fingerprint density at radius 2 is 2.38 bits per heavy atom. The number of halogens is 1. The maximum absolute atomic E-state index is 12.0. The average Bonchev–Trinajstić information content (AvgIpc) is 2.14. The quantitative estimate of drug-likeness (QED) is 0.468. The largest absolute Gasteiger partial charge is 0.298 e. The van der Waals surface area contributed by atoms with Crippen LogP contribution in [0.1, 0.15) is 6.42 Å². The van der Waals surface area contributed by atoms with Gasteiger partial charge in [-0.25, -0.2) is 4.39 Å². The van der Waals surface area contributed by atoms with Crippen LogP contribution < -0.4 is 0 Å². The van der Waals surface area contributed by atoms with E-state index in [2.05, 4.69) is 0 Å². The Morgan fingerprint density at radius 3 is 2.62 bits per heavy atom. The van der Waals surface area contributed by atoms with Gasteiger partial charge in [0.1, 0.15) is 12.1 Å². The summed E-state index contributed by atoms with van der Waals surface area (Å²) < 4.78 is 12.0. The molecule has 42 valence electrons. The average molecular weight is 112 g/mol. The summed E-state index contributed by atoms with van der Waals surface area (Å²) in [5.74, 6) is -0.230. The minimum Gasteiger partial charge on any atom is -0.298 e. The highest BCUT2D eigenvalue weighted by molar-refractivity contribution is 5.75. The van der Waals surface area contributed by atoms with Crippen LogP contribution in [0, 0.1) is 0 Å². The van der Waals surface area contributed by atoms with Crippen molar-refractivity contribution in [2.24, 2.45) is 0 Å². The molecule has 0 saturated carbocycles. The summed E-state index contributed by atoms with van der Waals surface area (Å²) in [6, 6.07) is 0. The van der Waals surface area contributed by atoms with Gasteiger partial charge < -0.3 is 0 Å². The number of hydrogen-bond donors (Lipinski definition) is 0. The predicted octanol–water partition coefficient (Wildman–Crippen LogP) is 1.37. The molecule has 2 heteroatoms. The summed E-state index contributed by atoms with van der Waals surface area (Å²) in [6.07, 6.45) is 3.65. The van der Waals surface area contributed by atoms with E-state index >= 15 is 0 Å². The van der Waals surface area contributed by atoms with E-state index in [-0.39, 0.29) is 12.2 Å². The number of carbonyl (C=O) groups is 1. The van der Waals surface area contributed by atoms with E-state index in [1.54, 1.807) is 0 Å². The van der Waals surface area contributed by atoms with Gasteiger partial charge in [0, 0.05) is 6.42 Å². The molecule has 0 amide bonds. The Bertz CT molecular complexity index is 167. The van der Waals surface area contributed by atoms with E-state index in [0.717, 1.165) is 0 Å².